The van der Waals surface area contributed by atoms with Gasteiger partial charge in [0.05, 0.1) is 18.8 Å². The first-order valence-corrected chi connectivity index (χ1v) is 8.19. The lowest BCUT2D eigenvalue weighted by atomic mass is 10.0. The van der Waals surface area contributed by atoms with Gasteiger partial charge in [-0.3, -0.25) is 4.79 Å². The minimum atomic E-state index is -0.375. The Morgan fingerprint density at radius 1 is 1.57 bits per heavy atom. The van der Waals surface area contributed by atoms with Crippen molar-refractivity contribution in [2.75, 3.05) is 25.1 Å². The van der Waals surface area contributed by atoms with Crippen molar-refractivity contribution in [3.05, 3.63) is 15.8 Å². The first kappa shape index (κ1) is 16.0. The molecule has 1 aliphatic rings. The number of piperidine rings is 1. The van der Waals surface area contributed by atoms with E-state index in [9.17, 15) is 9.59 Å². The van der Waals surface area contributed by atoms with Crippen LogP contribution in [0.25, 0.3) is 0 Å². The van der Waals surface area contributed by atoms with Crippen molar-refractivity contribution in [1.29, 1.82) is 0 Å². The molecule has 1 saturated heterocycles. The smallest absolute Gasteiger partial charge is 0.350 e. The molecule has 1 unspecified atom stereocenters. The first-order valence-electron chi connectivity index (χ1n) is 7.31. The van der Waals surface area contributed by atoms with E-state index in [1.807, 2.05) is 12.3 Å². The van der Waals surface area contributed by atoms with E-state index < -0.39 is 0 Å². The van der Waals surface area contributed by atoms with E-state index in [0.29, 0.717) is 11.4 Å². The number of rotatable bonds is 5. The molecule has 1 amide bonds. The van der Waals surface area contributed by atoms with Gasteiger partial charge in [-0.2, -0.15) is 0 Å². The summed E-state index contributed by atoms with van der Waals surface area (Å²) in [4.78, 5) is 26.8. The number of anilines is 1. The van der Waals surface area contributed by atoms with E-state index in [1.165, 1.54) is 18.4 Å². The maximum absolute atomic E-state index is 12.7. The van der Waals surface area contributed by atoms with Gasteiger partial charge < -0.3 is 15.0 Å². The van der Waals surface area contributed by atoms with E-state index in [4.69, 9.17) is 4.74 Å². The highest BCUT2D eigenvalue weighted by molar-refractivity contribution is 7.12. The molecule has 6 heteroatoms. The Kier molecular flexibility index (Phi) is 5.36. The topological polar surface area (TPSA) is 58.6 Å². The largest absolute Gasteiger partial charge is 0.465 e. The third-order valence-electron chi connectivity index (χ3n) is 3.66. The monoisotopic (exact) mass is 310 g/mol. The van der Waals surface area contributed by atoms with Gasteiger partial charge in [-0.25, -0.2) is 4.79 Å². The lowest BCUT2D eigenvalue weighted by Crippen LogP contribution is -2.51. The number of hydrogen-bond donors (Lipinski definition) is 1. The fourth-order valence-corrected chi connectivity index (χ4v) is 3.58. The normalized spacial score (nSPS) is 18.9. The molecule has 0 aliphatic carbocycles. The third kappa shape index (κ3) is 3.27. The molecule has 1 aliphatic heterocycles. The summed E-state index contributed by atoms with van der Waals surface area (Å²) < 4.78 is 4.83. The Morgan fingerprint density at radius 3 is 3.00 bits per heavy atom. The minimum absolute atomic E-state index is 0.0568. The van der Waals surface area contributed by atoms with E-state index >= 15 is 0 Å². The van der Waals surface area contributed by atoms with Gasteiger partial charge in [0.1, 0.15) is 4.88 Å². The highest BCUT2D eigenvalue weighted by Crippen LogP contribution is 2.34. The van der Waals surface area contributed by atoms with Gasteiger partial charge in [0, 0.05) is 6.54 Å². The van der Waals surface area contributed by atoms with Crippen LogP contribution in [-0.2, 0) is 9.53 Å². The number of esters is 1. The SMILES string of the molecule is CCCNC1CCCN(c2c(C)csc2C(=O)OC)C1=O. The number of ether oxygens (including phenoxy) is 1. The fraction of sp³-hybridized carbons (Fsp3) is 0.600. The summed E-state index contributed by atoms with van der Waals surface area (Å²) in [7, 11) is 1.37. The van der Waals surface area contributed by atoms with Gasteiger partial charge in [0.15, 0.2) is 0 Å². The summed E-state index contributed by atoms with van der Waals surface area (Å²) in [5.41, 5.74) is 1.67. The van der Waals surface area contributed by atoms with Crippen LogP contribution in [0.3, 0.4) is 0 Å². The summed E-state index contributed by atoms with van der Waals surface area (Å²) >= 11 is 1.33. The summed E-state index contributed by atoms with van der Waals surface area (Å²) in [5, 5.41) is 5.19. The molecule has 1 fully saturated rings. The fourth-order valence-electron chi connectivity index (χ4n) is 2.62. The molecule has 0 radical (unpaired) electrons. The first-order chi connectivity index (χ1) is 10.1. The van der Waals surface area contributed by atoms with Crippen molar-refractivity contribution in [1.82, 2.24) is 5.32 Å². The van der Waals surface area contributed by atoms with Crippen LogP contribution in [-0.4, -0.2) is 38.1 Å². The molecule has 0 bridgehead atoms. The summed E-state index contributed by atoms with van der Waals surface area (Å²) in [6.07, 6.45) is 2.78. The van der Waals surface area contributed by atoms with Crippen molar-refractivity contribution >= 4 is 28.9 Å². The van der Waals surface area contributed by atoms with E-state index in [0.717, 1.165) is 37.1 Å². The van der Waals surface area contributed by atoms with Crippen molar-refractivity contribution in [2.45, 2.75) is 39.2 Å². The third-order valence-corrected chi connectivity index (χ3v) is 4.73. The molecule has 1 aromatic rings. The van der Waals surface area contributed by atoms with Gasteiger partial charge in [-0.05, 0) is 43.7 Å². The van der Waals surface area contributed by atoms with Crippen molar-refractivity contribution in [3.63, 3.8) is 0 Å². The zero-order chi connectivity index (χ0) is 15.4. The number of hydrogen-bond acceptors (Lipinski definition) is 5. The van der Waals surface area contributed by atoms with Crippen LogP contribution in [0.1, 0.15) is 41.4 Å². The molecule has 0 aromatic carbocycles. The van der Waals surface area contributed by atoms with Crippen LogP contribution in [0, 0.1) is 6.92 Å². The molecule has 21 heavy (non-hydrogen) atoms. The van der Waals surface area contributed by atoms with Crippen molar-refractivity contribution in [3.8, 4) is 0 Å². The minimum Gasteiger partial charge on any atom is -0.465 e. The average Bonchev–Trinajstić information content (AvgIpc) is 2.87. The van der Waals surface area contributed by atoms with E-state index in [-0.39, 0.29) is 17.9 Å². The number of nitrogens with one attached hydrogen (secondary N) is 1. The Bertz CT molecular complexity index is 527. The predicted molar refractivity (Wildman–Crippen MR) is 84.1 cm³/mol. The van der Waals surface area contributed by atoms with Crippen molar-refractivity contribution in [2.24, 2.45) is 0 Å². The second kappa shape index (κ2) is 7.04. The molecular formula is C15H22N2O3S. The Labute approximate surface area is 129 Å². The van der Waals surface area contributed by atoms with Gasteiger partial charge in [0.2, 0.25) is 5.91 Å². The number of aryl methyl sites for hydroxylation is 1. The van der Waals surface area contributed by atoms with Gasteiger partial charge in [-0.15, -0.1) is 11.3 Å². The Morgan fingerprint density at radius 2 is 2.33 bits per heavy atom. The molecule has 5 nitrogen and oxygen atoms in total. The van der Waals surface area contributed by atoms with Gasteiger partial charge >= 0.3 is 5.97 Å². The van der Waals surface area contributed by atoms with Crippen LogP contribution >= 0.6 is 11.3 Å². The Balaban J connectivity index is 2.26. The van der Waals surface area contributed by atoms with Crippen LogP contribution in [0.4, 0.5) is 5.69 Å². The molecule has 116 valence electrons. The average molecular weight is 310 g/mol. The second-order valence-electron chi connectivity index (χ2n) is 5.23. The van der Waals surface area contributed by atoms with E-state index in [1.54, 1.807) is 4.90 Å². The van der Waals surface area contributed by atoms with Crippen LogP contribution < -0.4 is 10.2 Å². The van der Waals surface area contributed by atoms with Gasteiger partial charge in [-0.1, -0.05) is 6.92 Å². The maximum atomic E-state index is 12.7. The van der Waals surface area contributed by atoms with Gasteiger partial charge in [0.25, 0.3) is 0 Å². The van der Waals surface area contributed by atoms with Crippen molar-refractivity contribution < 1.29 is 14.3 Å². The molecule has 0 saturated carbocycles. The predicted octanol–water partition coefficient (Wildman–Crippen LogP) is 2.34. The summed E-state index contributed by atoms with van der Waals surface area (Å²) in [5.74, 6) is -0.319. The number of carbonyl (C=O) groups is 2. The summed E-state index contributed by atoms with van der Waals surface area (Å²) in [6.45, 7) is 5.49. The molecule has 0 spiro atoms. The summed E-state index contributed by atoms with van der Waals surface area (Å²) in [6, 6.07) is -0.150. The number of thiophene rings is 1. The molecular weight excluding hydrogens is 288 g/mol. The van der Waals surface area contributed by atoms with Crippen LogP contribution in [0.5, 0.6) is 0 Å². The number of amides is 1. The molecule has 1 atom stereocenters. The molecule has 1 aromatic heterocycles. The highest BCUT2D eigenvalue weighted by Gasteiger charge is 2.33. The standard InChI is InChI=1S/C15H22N2O3S/c1-4-7-16-11-6-5-8-17(14(11)18)12-10(2)9-21-13(12)15(19)20-3/h9,11,16H,4-8H2,1-3H3. The molecule has 2 rings (SSSR count). The van der Waals surface area contributed by atoms with Crippen LogP contribution in [0.2, 0.25) is 0 Å². The highest BCUT2D eigenvalue weighted by atomic mass is 32.1. The zero-order valence-corrected chi connectivity index (χ0v) is 13.6. The lowest BCUT2D eigenvalue weighted by molar-refractivity contribution is -0.121. The molecule has 1 N–H and O–H groups in total. The molecule has 2 heterocycles. The number of nitrogens with zero attached hydrogens (tertiary/aromatic N) is 1. The van der Waals surface area contributed by atoms with Crippen LogP contribution in [0.15, 0.2) is 5.38 Å². The maximum Gasteiger partial charge on any atom is 0.350 e. The number of methoxy groups -OCH3 is 1. The second-order valence-corrected chi connectivity index (χ2v) is 6.11. The van der Waals surface area contributed by atoms with E-state index in [2.05, 4.69) is 12.2 Å². The Hall–Kier alpha value is -1.40. The number of carbonyl (C=O) groups excluding carboxylic acids is 2. The lowest BCUT2D eigenvalue weighted by Gasteiger charge is -2.33. The zero-order valence-electron chi connectivity index (χ0n) is 12.8. The quantitative estimate of drug-likeness (QED) is 0.848.